The SMILES string of the molecule is CCOc1ccc(C(=O)Nc2cc(C(=O)Nc3ccc(OC)cc3)ccc2Cl)cc1. The third-order valence-electron chi connectivity index (χ3n) is 4.25. The van der Waals surface area contributed by atoms with Crippen molar-refractivity contribution in [3.8, 4) is 11.5 Å². The van der Waals surface area contributed by atoms with Crippen molar-refractivity contribution < 1.29 is 19.1 Å². The van der Waals surface area contributed by atoms with E-state index in [1.807, 2.05) is 6.92 Å². The molecule has 154 valence electrons. The van der Waals surface area contributed by atoms with Gasteiger partial charge in [0.25, 0.3) is 11.8 Å². The Morgan fingerprint density at radius 1 is 0.833 bits per heavy atom. The third kappa shape index (κ3) is 5.30. The number of carbonyl (C=O) groups is 2. The van der Waals surface area contributed by atoms with E-state index in [-0.39, 0.29) is 11.8 Å². The number of hydrogen-bond acceptors (Lipinski definition) is 4. The van der Waals surface area contributed by atoms with Crippen LogP contribution in [0.15, 0.2) is 66.7 Å². The summed E-state index contributed by atoms with van der Waals surface area (Å²) in [5.41, 5.74) is 1.77. The Morgan fingerprint density at radius 3 is 2.07 bits per heavy atom. The molecule has 0 saturated carbocycles. The van der Waals surface area contributed by atoms with E-state index < -0.39 is 0 Å². The number of anilines is 2. The quantitative estimate of drug-likeness (QED) is 0.543. The zero-order valence-corrected chi connectivity index (χ0v) is 17.3. The van der Waals surface area contributed by atoms with E-state index in [0.717, 1.165) is 0 Å². The average molecular weight is 425 g/mol. The Hall–Kier alpha value is -3.51. The highest BCUT2D eigenvalue weighted by molar-refractivity contribution is 6.34. The van der Waals surface area contributed by atoms with E-state index in [0.29, 0.717) is 45.6 Å². The van der Waals surface area contributed by atoms with E-state index >= 15 is 0 Å². The zero-order chi connectivity index (χ0) is 21.5. The van der Waals surface area contributed by atoms with Gasteiger partial charge in [0.15, 0.2) is 0 Å². The molecule has 3 aromatic rings. The summed E-state index contributed by atoms with van der Waals surface area (Å²) in [7, 11) is 1.57. The number of rotatable bonds is 7. The summed E-state index contributed by atoms with van der Waals surface area (Å²) in [4.78, 5) is 25.1. The van der Waals surface area contributed by atoms with E-state index in [9.17, 15) is 9.59 Å². The smallest absolute Gasteiger partial charge is 0.255 e. The van der Waals surface area contributed by atoms with E-state index in [1.54, 1.807) is 67.8 Å². The molecular formula is C23H21ClN2O4. The molecule has 0 atom stereocenters. The number of methoxy groups -OCH3 is 1. The lowest BCUT2D eigenvalue weighted by Crippen LogP contribution is -2.15. The first-order valence-electron chi connectivity index (χ1n) is 9.29. The Morgan fingerprint density at radius 2 is 1.43 bits per heavy atom. The highest BCUT2D eigenvalue weighted by Gasteiger charge is 2.13. The Kier molecular flexibility index (Phi) is 6.93. The van der Waals surface area contributed by atoms with Gasteiger partial charge < -0.3 is 20.1 Å². The minimum atomic E-state index is -0.340. The number of amides is 2. The van der Waals surface area contributed by atoms with Crippen LogP contribution in [0.25, 0.3) is 0 Å². The minimum Gasteiger partial charge on any atom is -0.497 e. The summed E-state index contributed by atoms with van der Waals surface area (Å²) in [6, 6.07) is 18.4. The van der Waals surface area contributed by atoms with E-state index in [1.165, 1.54) is 6.07 Å². The van der Waals surface area contributed by atoms with Crippen molar-refractivity contribution in [2.75, 3.05) is 24.4 Å². The molecule has 30 heavy (non-hydrogen) atoms. The molecule has 2 N–H and O–H groups in total. The predicted octanol–water partition coefficient (Wildman–Crippen LogP) is 5.25. The molecule has 0 aromatic heterocycles. The van der Waals surface area contributed by atoms with Crippen LogP contribution in [0, 0.1) is 0 Å². The van der Waals surface area contributed by atoms with Gasteiger partial charge in [-0.1, -0.05) is 11.6 Å². The normalized spacial score (nSPS) is 10.2. The van der Waals surface area contributed by atoms with Crippen LogP contribution >= 0.6 is 11.6 Å². The van der Waals surface area contributed by atoms with Crippen molar-refractivity contribution in [3.63, 3.8) is 0 Å². The predicted molar refractivity (Wildman–Crippen MR) is 118 cm³/mol. The molecule has 7 heteroatoms. The van der Waals surface area contributed by atoms with Crippen LogP contribution in [0.4, 0.5) is 11.4 Å². The van der Waals surface area contributed by atoms with Crippen LogP contribution in [0.1, 0.15) is 27.6 Å². The lowest BCUT2D eigenvalue weighted by Gasteiger charge is -2.11. The van der Waals surface area contributed by atoms with Gasteiger partial charge in [-0.2, -0.15) is 0 Å². The summed E-state index contributed by atoms with van der Waals surface area (Å²) >= 11 is 6.21. The van der Waals surface area contributed by atoms with E-state index in [2.05, 4.69) is 10.6 Å². The molecule has 3 rings (SSSR count). The fourth-order valence-corrected chi connectivity index (χ4v) is 2.87. The van der Waals surface area contributed by atoms with Crippen LogP contribution in [0.5, 0.6) is 11.5 Å². The standard InChI is InChI=1S/C23H21ClN2O4/c1-3-30-19-9-4-15(5-10-19)22(27)26-21-14-16(6-13-20(21)24)23(28)25-17-7-11-18(29-2)12-8-17/h4-14H,3H2,1-2H3,(H,25,28)(H,26,27). The molecule has 0 aliphatic heterocycles. The maximum Gasteiger partial charge on any atom is 0.255 e. The summed E-state index contributed by atoms with van der Waals surface area (Å²) in [5.74, 6) is 0.712. The van der Waals surface area contributed by atoms with Crippen molar-refractivity contribution in [2.24, 2.45) is 0 Å². The summed E-state index contributed by atoms with van der Waals surface area (Å²) in [5, 5.41) is 5.87. The van der Waals surface area contributed by atoms with Crippen LogP contribution in [0.3, 0.4) is 0 Å². The molecule has 0 unspecified atom stereocenters. The molecular weight excluding hydrogens is 404 g/mol. The molecule has 3 aromatic carbocycles. The topological polar surface area (TPSA) is 76.7 Å². The largest absolute Gasteiger partial charge is 0.497 e. The second kappa shape index (κ2) is 9.80. The fourth-order valence-electron chi connectivity index (χ4n) is 2.70. The summed E-state index contributed by atoms with van der Waals surface area (Å²) in [6.45, 7) is 2.44. The third-order valence-corrected chi connectivity index (χ3v) is 4.58. The van der Waals surface area contributed by atoms with Gasteiger partial charge in [-0.05, 0) is 73.7 Å². The van der Waals surface area contributed by atoms with Gasteiger partial charge in [-0.3, -0.25) is 9.59 Å². The number of ether oxygens (including phenoxy) is 2. The number of hydrogen-bond donors (Lipinski definition) is 2. The fraction of sp³-hybridized carbons (Fsp3) is 0.130. The number of carbonyl (C=O) groups excluding carboxylic acids is 2. The van der Waals surface area contributed by atoms with Gasteiger partial charge in [-0.15, -0.1) is 0 Å². The molecule has 0 heterocycles. The Balaban J connectivity index is 1.72. The van der Waals surface area contributed by atoms with Gasteiger partial charge in [-0.25, -0.2) is 0 Å². The van der Waals surface area contributed by atoms with Crippen LogP contribution in [-0.2, 0) is 0 Å². The number of nitrogens with one attached hydrogen (secondary N) is 2. The van der Waals surface area contributed by atoms with Crippen molar-refractivity contribution in [3.05, 3.63) is 82.9 Å². The van der Waals surface area contributed by atoms with Gasteiger partial charge >= 0.3 is 0 Å². The molecule has 0 fully saturated rings. The molecule has 2 amide bonds. The highest BCUT2D eigenvalue weighted by atomic mass is 35.5. The number of halogens is 1. The van der Waals surface area contributed by atoms with Crippen LogP contribution in [0.2, 0.25) is 5.02 Å². The van der Waals surface area contributed by atoms with Crippen LogP contribution < -0.4 is 20.1 Å². The van der Waals surface area contributed by atoms with Gasteiger partial charge in [0.1, 0.15) is 11.5 Å². The molecule has 0 radical (unpaired) electrons. The molecule has 0 bridgehead atoms. The zero-order valence-electron chi connectivity index (χ0n) is 16.6. The lowest BCUT2D eigenvalue weighted by atomic mass is 10.1. The van der Waals surface area contributed by atoms with Crippen molar-refractivity contribution in [1.29, 1.82) is 0 Å². The second-order valence-corrected chi connectivity index (χ2v) is 6.70. The Labute approximate surface area is 179 Å². The highest BCUT2D eigenvalue weighted by Crippen LogP contribution is 2.25. The summed E-state index contributed by atoms with van der Waals surface area (Å²) < 4.78 is 10.5. The van der Waals surface area contributed by atoms with Crippen molar-refractivity contribution in [2.45, 2.75) is 6.92 Å². The van der Waals surface area contributed by atoms with Crippen molar-refractivity contribution in [1.82, 2.24) is 0 Å². The maximum atomic E-state index is 12.6. The molecule has 6 nitrogen and oxygen atoms in total. The van der Waals surface area contributed by atoms with Crippen LogP contribution in [-0.4, -0.2) is 25.5 Å². The van der Waals surface area contributed by atoms with Gasteiger partial charge in [0.05, 0.1) is 24.4 Å². The lowest BCUT2D eigenvalue weighted by molar-refractivity contribution is 0.101. The first-order valence-corrected chi connectivity index (χ1v) is 9.67. The second-order valence-electron chi connectivity index (χ2n) is 6.29. The van der Waals surface area contributed by atoms with Gasteiger partial charge in [0, 0.05) is 16.8 Å². The van der Waals surface area contributed by atoms with Gasteiger partial charge in [0.2, 0.25) is 0 Å². The maximum absolute atomic E-state index is 12.6. The Bertz CT molecular complexity index is 1030. The first-order chi connectivity index (χ1) is 14.5. The van der Waals surface area contributed by atoms with Crippen molar-refractivity contribution >= 4 is 34.8 Å². The first kappa shape index (κ1) is 21.2. The molecule has 0 saturated heterocycles. The molecule has 0 spiro atoms. The molecule has 0 aliphatic rings. The monoisotopic (exact) mass is 424 g/mol. The van der Waals surface area contributed by atoms with E-state index in [4.69, 9.17) is 21.1 Å². The molecule has 0 aliphatic carbocycles. The average Bonchev–Trinajstić information content (AvgIpc) is 2.76. The number of benzene rings is 3. The minimum absolute atomic E-state index is 0.326. The summed E-state index contributed by atoms with van der Waals surface area (Å²) in [6.07, 6.45) is 0.